The zero-order chi connectivity index (χ0) is 17.2. The van der Waals surface area contributed by atoms with Crippen molar-refractivity contribution in [2.75, 3.05) is 13.7 Å². The normalized spacial score (nSPS) is 22.5. The molecule has 132 valence electrons. The van der Waals surface area contributed by atoms with Crippen LogP contribution in [0.25, 0.3) is 0 Å². The number of fused-ring (bicyclic) bond motifs is 1. The van der Waals surface area contributed by atoms with Gasteiger partial charge in [-0.15, -0.1) is 0 Å². The molecule has 2 heterocycles. The number of methoxy groups -OCH3 is 1. The molecule has 0 radical (unpaired) electrons. The second-order valence-corrected chi connectivity index (χ2v) is 6.75. The van der Waals surface area contributed by atoms with Crippen molar-refractivity contribution in [1.82, 2.24) is 20.2 Å². The number of benzene rings is 1. The number of hydrogen-bond acceptors (Lipinski definition) is 3. The summed E-state index contributed by atoms with van der Waals surface area (Å²) in [4.78, 5) is 22.4. The van der Waals surface area contributed by atoms with Gasteiger partial charge in [-0.1, -0.05) is 12.1 Å². The van der Waals surface area contributed by atoms with Crippen LogP contribution in [0.2, 0.25) is 0 Å². The van der Waals surface area contributed by atoms with Gasteiger partial charge in [-0.2, -0.15) is 0 Å². The maximum absolute atomic E-state index is 13.0. The number of likely N-dealkylation sites (tertiary alicyclic amines) is 1. The largest absolute Gasteiger partial charge is 0.496 e. The lowest BCUT2D eigenvalue weighted by atomic mass is 10.0. The minimum Gasteiger partial charge on any atom is -0.496 e. The molecule has 1 aromatic heterocycles. The number of carbonyl (C=O) groups is 1. The Morgan fingerprint density at radius 3 is 3.08 bits per heavy atom. The van der Waals surface area contributed by atoms with E-state index in [9.17, 15) is 4.79 Å². The topological polar surface area (TPSA) is 70.2 Å². The highest BCUT2D eigenvalue weighted by Gasteiger charge is 2.33. The standard InChI is InChI=1S/C19H24N4O2/c1-25-17-7-4-5-13-14(17)8-9-15(13)22-19(24)23-12-3-2-6-16(23)18-20-10-11-21-18/h4-5,7,10-11,15-16H,2-3,6,8-9,12H2,1H3,(H,20,21)(H,22,24)/t15-,16+/m0/s1. The number of imidazole rings is 1. The highest BCUT2D eigenvalue weighted by atomic mass is 16.5. The molecule has 2 amide bonds. The lowest BCUT2D eigenvalue weighted by Crippen LogP contribution is -2.45. The summed E-state index contributed by atoms with van der Waals surface area (Å²) in [6, 6.07) is 6.17. The molecule has 2 aromatic rings. The molecule has 0 unspecified atom stereocenters. The highest BCUT2D eigenvalue weighted by Crippen LogP contribution is 2.37. The fourth-order valence-electron chi connectivity index (χ4n) is 4.11. The van der Waals surface area contributed by atoms with E-state index in [1.165, 1.54) is 11.1 Å². The monoisotopic (exact) mass is 340 g/mol. The molecule has 0 spiro atoms. The molecule has 2 N–H and O–H groups in total. The van der Waals surface area contributed by atoms with E-state index in [1.807, 2.05) is 23.2 Å². The van der Waals surface area contributed by atoms with Gasteiger partial charge >= 0.3 is 6.03 Å². The van der Waals surface area contributed by atoms with Gasteiger partial charge in [-0.25, -0.2) is 9.78 Å². The SMILES string of the molecule is COc1cccc2c1CC[C@@H]2NC(=O)N1CCCC[C@@H]1c1ncc[nH]1. The summed E-state index contributed by atoms with van der Waals surface area (Å²) in [5, 5.41) is 3.24. The van der Waals surface area contributed by atoms with Gasteiger partial charge in [0, 0.05) is 18.9 Å². The number of rotatable bonds is 3. The van der Waals surface area contributed by atoms with E-state index in [2.05, 4.69) is 21.4 Å². The first-order valence-electron chi connectivity index (χ1n) is 9.00. The number of piperidine rings is 1. The van der Waals surface area contributed by atoms with Crippen molar-refractivity contribution in [3.05, 3.63) is 47.5 Å². The van der Waals surface area contributed by atoms with Crippen molar-refractivity contribution in [2.24, 2.45) is 0 Å². The molecule has 4 rings (SSSR count). The van der Waals surface area contributed by atoms with E-state index in [-0.39, 0.29) is 18.1 Å². The van der Waals surface area contributed by atoms with Crippen LogP contribution in [0.1, 0.15) is 54.7 Å². The summed E-state index contributed by atoms with van der Waals surface area (Å²) in [7, 11) is 1.70. The van der Waals surface area contributed by atoms with Gasteiger partial charge in [0.2, 0.25) is 0 Å². The maximum atomic E-state index is 13.0. The number of nitrogens with one attached hydrogen (secondary N) is 2. The number of H-pyrrole nitrogens is 1. The first-order chi connectivity index (χ1) is 12.3. The van der Waals surface area contributed by atoms with Crippen LogP contribution in [0.4, 0.5) is 4.79 Å². The van der Waals surface area contributed by atoms with Crippen LogP contribution in [0.5, 0.6) is 5.75 Å². The van der Waals surface area contributed by atoms with Gasteiger partial charge in [0.05, 0.1) is 19.2 Å². The summed E-state index contributed by atoms with van der Waals surface area (Å²) < 4.78 is 5.46. The Kier molecular flexibility index (Phi) is 4.34. The maximum Gasteiger partial charge on any atom is 0.318 e. The van der Waals surface area contributed by atoms with Gasteiger partial charge in [0.25, 0.3) is 0 Å². The van der Waals surface area contributed by atoms with Gasteiger partial charge in [-0.05, 0) is 49.3 Å². The van der Waals surface area contributed by atoms with Crippen molar-refractivity contribution in [2.45, 2.75) is 44.2 Å². The Morgan fingerprint density at radius 2 is 2.28 bits per heavy atom. The molecular weight excluding hydrogens is 316 g/mol. The first kappa shape index (κ1) is 16.0. The Balaban J connectivity index is 1.51. The van der Waals surface area contributed by atoms with Crippen LogP contribution >= 0.6 is 0 Å². The van der Waals surface area contributed by atoms with Crippen molar-refractivity contribution >= 4 is 6.03 Å². The molecular formula is C19H24N4O2. The zero-order valence-electron chi connectivity index (χ0n) is 14.5. The van der Waals surface area contributed by atoms with Crippen LogP contribution in [-0.4, -0.2) is 34.6 Å². The highest BCUT2D eigenvalue weighted by molar-refractivity contribution is 5.75. The quantitative estimate of drug-likeness (QED) is 0.900. The molecule has 0 bridgehead atoms. The first-order valence-corrected chi connectivity index (χ1v) is 9.00. The van der Waals surface area contributed by atoms with Crippen molar-refractivity contribution in [1.29, 1.82) is 0 Å². The second-order valence-electron chi connectivity index (χ2n) is 6.75. The molecule has 1 aliphatic heterocycles. The fourth-order valence-corrected chi connectivity index (χ4v) is 4.11. The molecule has 1 aromatic carbocycles. The predicted octanol–water partition coefficient (Wildman–Crippen LogP) is 3.34. The fraction of sp³-hybridized carbons (Fsp3) is 0.474. The Hall–Kier alpha value is -2.50. The number of aromatic nitrogens is 2. The van der Waals surface area contributed by atoms with Gasteiger partial charge in [-0.3, -0.25) is 0 Å². The van der Waals surface area contributed by atoms with E-state index in [0.717, 1.165) is 50.2 Å². The van der Waals surface area contributed by atoms with E-state index < -0.39 is 0 Å². The van der Waals surface area contributed by atoms with Crippen LogP contribution in [-0.2, 0) is 6.42 Å². The average Bonchev–Trinajstić information content (AvgIpc) is 3.32. The van der Waals surface area contributed by atoms with Crippen molar-refractivity contribution in [3.8, 4) is 5.75 Å². The van der Waals surface area contributed by atoms with E-state index >= 15 is 0 Å². The Bertz CT molecular complexity index is 744. The third-order valence-electron chi connectivity index (χ3n) is 5.34. The lowest BCUT2D eigenvalue weighted by Gasteiger charge is -2.35. The van der Waals surface area contributed by atoms with E-state index in [0.29, 0.717) is 0 Å². The summed E-state index contributed by atoms with van der Waals surface area (Å²) >= 11 is 0. The molecule has 1 saturated heterocycles. The third kappa shape index (κ3) is 2.97. The van der Waals surface area contributed by atoms with Gasteiger partial charge < -0.3 is 19.9 Å². The van der Waals surface area contributed by atoms with Gasteiger partial charge in [0.1, 0.15) is 11.6 Å². The summed E-state index contributed by atoms with van der Waals surface area (Å²) in [5.41, 5.74) is 2.40. The van der Waals surface area contributed by atoms with E-state index in [4.69, 9.17) is 4.74 Å². The summed E-state index contributed by atoms with van der Waals surface area (Å²) in [6.45, 7) is 0.773. The number of nitrogens with zero attached hydrogens (tertiary/aromatic N) is 2. The van der Waals surface area contributed by atoms with Crippen LogP contribution < -0.4 is 10.1 Å². The number of urea groups is 1. The summed E-state index contributed by atoms with van der Waals surface area (Å²) in [6.07, 6.45) is 8.54. The predicted molar refractivity (Wildman–Crippen MR) is 94.5 cm³/mol. The number of ether oxygens (including phenoxy) is 1. The number of carbonyl (C=O) groups excluding carboxylic acids is 1. The van der Waals surface area contributed by atoms with Crippen LogP contribution in [0.3, 0.4) is 0 Å². The number of hydrogen-bond donors (Lipinski definition) is 2. The minimum absolute atomic E-state index is 0.00164. The molecule has 2 atom stereocenters. The molecule has 6 heteroatoms. The Labute approximate surface area is 147 Å². The van der Waals surface area contributed by atoms with Gasteiger partial charge in [0.15, 0.2) is 0 Å². The summed E-state index contributed by atoms with van der Waals surface area (Å²) in [5.74, 6) is 1.80. The van der Waals surface area contributed by atoms with E-state index in [1.54, 1.807) is 13.3 Å². The number of aromatic amines is 1. The number of amides is 2. The minimum atomic E-state index is 0.00164. The van der Waals surface area contributed by atoms with Crippen molar-refractivity contribution in [3.63, 3.8) is 0 Å². The molecule has 0 saturated carbocycles. The average molecular weight is 340 g/mol. The smallest absolute Gasteiger partial charge is 0.318 e. The molecule has 2 aliphatic rings. The molecule has 6 nitrogen and oxygen atoms in total. The molecule has 1 fully saturated rings. The third-order valence-corrected chi connectivity index (χ3v) is 5.34. The van der Waals surface area contributed by atoms with Crippen LogP contribution in [0, 0.1) is 0 Å². The van der Waals surface area contributed by atoms with Crippen LogP contribution in [0.15, 0.2) is 30.6 Å². The molecule has 1 aliphatic carbocycles. The van der Waals surface area contributed by atoms with Crippen molar-refractivity contribution < 1.29 is 9.53 Å². The second kappa shape index (κ2) is 6.78. The lowest BCUT2D eigenvalue weighted by molar-refractivity contribution is 0.145. The Morgan fingerprint density at radius 1 is 1.36 bits per heavy atom. The molecule has 25 heavy (non-hydrogen) atoms. The zero-order valence-corrected chi connectivity index (χ0v) is 14.5.